The first-order valence-corrected chi connectivity index (χ1v) is 2.02. The van der Waals surface area contributed by atoms with Gasteiger partial charge in [-0.25, -0.2) is 0 Å². The third-order valence-electron chi connectivity index (χ3n) is 0.672. The minimum absolute atomic E-state index is 0.483. The molecule has 0 saturated heterocycles. The van der Waals surface area contributed by atoms with E-state index in [1.807, 2.05) is 0 Å². The van der Waals surface area contributed by atoms with Crippen LogP contribution in [0.25, 0.3) is 0 Å². The summed E-state index contributed by atoms with van der Waals surface area (Å²) in [6, 6.07) is 0. The lowest BCUT2D eigenvalue weighted by atomic mass is 10.3. The highest BCUT2D eigenvalue weighted by atomic mass is 17.2. The molecule has 0 bridgehead atoms. The van der Waals surface area contributed by atoms with Crippen LogP contribution in [-0.2, 0) is 9.78 Å². The summed E-state index contributed by atoms with van der Waals surface area (Å²) in [6.07, 6.45) is 3.23. The van der Waals surface area contributed by atoms with E-state index >= 15 is 0 Å². The van der Waals surface area contributed by atoms with Gasteiger partial charge < -0.3 is 4.89 Å². The SMILES string of the molecule is C=C1C=COOC1. The van der Waals surface area contributed by atoms with Gasteiger partial charge in [0, 0.05) is 0 Å². The van der Waals surface area contributed by atoms with Crippen LogP contribution in [0.15, 0.2) is 24.5 Å². The van der Waals surface area contributed by atoms with Gasteiger partial charge in [-0.1, -0.05) is 6.58 Å². The second kappa shape index (κ2) is 1.80. The molecule has 2 nitrogen and oxygen atoms in total. The Morgan fingerprint density at radius 3 is 2.86 bits per heavy atom. The fourth-order valence-corrected chi connectivity index (χ4v) is 0.321. The van der Waals surface area contributed by atoms with Crippen molar-refractivity contribution in [2.45, 2.75) is 0 Å². The van der Waals surface area contributed by atoms with Crippen molar-refractivity contribution in [1.29, 1.82) is 0 Å². The van der Waals surface area contributed by atoms with Crippen LogP contribution in [0, 0.1) is 0 Å². The van der Waals surface area contributed by atoms with Crippen molar-refractivity contribution in [1.82, 2.24) is 0 Å². The van der Waals surface area contributed by atoms with E-state index < -0.39 is 0 Å². The molecular weight excluding hydrogens is 92.1 g/mol. The van der Waals surface area contributed by atoms with Crippen LogP contribution < -0.4 is 0 Å². The normalized spacial score (nSPS) is 19.1. The van der Waals surface area contributed by atoms with Crippen LogP contribution >= 0.6 is 0 Å². The smallest absolute Gasteiger partial charge is 0.129 e. The fourth-order valence-electron chi connectivity index (χ4n) is 0.321. The number of hydrogen-bond acceptors (Lipinski definition) is 2. The molecule has 0 aromatic rings. The number of hydrogen-bond donors (Lipinski definition) is 0. The van der Waals surface area contributed by atoms with Crippen molar-refractivity contribution in [3.8, 4) is 0 Å². The van der Waals surface area contributed by atoms with Crippen molar-refractivity contribution < 1.29 is 9.78 Å². The molecule has 0 aromatic heterocycles. The average Bonchev–Trinajstić information content (AvgIpc) is 1.69. The van der Waals surface area contributed by atoms with E-state index in [1.165, 1.54) is 6.26 Å². The Labute approximate surface area is 42.0 Å². The molecular formula is C5H6O2. The molecule has 1 aliphatic heterocycles. The molecule has 0 unspecified atom stereocenters. The minimum Gasteiger partial charge on any atom is -0.345 e. The molecule has 0 aliphatic carbocycles. The second-order valence-corrected chi connectivity index (χ2v) is 1.32. The monoisotopic (exact) mass is 98.0 g/mol. The van der Waals surface area contributed by atoms with E-state index in [2.05, 4.69) is 16.4 Å². The Bertz CT molecular complexity index is 105. The van der Waals surface area contributed by atoms with Gasteiger partial charge in [-0.3, -0.25) is 0 Å². The molecule has 0 spiro atoms. The molecule has 0 amide bonds. The first kappa shape index (κ1) is 4.40. The summed E-state index contributed by atoms with van der Waals surface area (Å²) >= 11 is 0. The highest BCUT2D eigenvalue weighted by Crippen LogP contribution is 2.00. The van der Waals surface area contributed by atoms with Gasteiger partial charge in [-0.05, 0) is 11.6 Å². The van der Waals surface area contributed by atoms with E-state index in [0.717, 1.165) is 5.57 Å². The summed E-state index contributed by atoms with van der Waals surface area (Å²) in [5.41, 5.74) is 0.936. The maximum atomic E-state index is 4.50. The summed E-state index contributed by atoms with van der Waals surface area (Å²) in [7, 11) is 0. The summed E-state index contributed by atoms with van der Waals surface area (Å²) in [5.74, 6) is 0. The topological polar surface area (TPSA) is 18.5 Å². The lowest BCUT2D eigenvalue weighted by Crippen LogP contribution is -1.97. The van der Waals surface area contributed by atoms with Gasteiger partial charge in [0.15, 0.2) is 0 Å². The third-order valence-corrected chi connectivity index (χ3v) is 0.672. The third kappa shape index (κ3) is 1.05. The molecule has 0 atom stereocenters. The van der Waals surface area contributed by atoms with Gasteiger partial charge >= 0.3 is 0 Å². The van der Waals surface area contributed by atoms with E-state index in [4.69, 9.17) is 0 Å². The predicted molar refractivity (Wildman–Crippen MR) is 25.3 cm³/mol. The zero-order valence-electron chi connectivity index (χ0n) is 3.89. The molecule has 7 heavy (non-hydrogen) atoms. The molecule has 0 fully saturated rings. The van der Waals surface area contributed by atoms with Gasteiger partial charge in [0.1, 0.15) is 12.9 Å². The zero-order chi connectivity index (χ0) is 5.11. The van der Waals surface area contributed by atoms with Gasteiger partial charge in [-0.15, -0.1) is 0 Å². The Morgan fingerprint density at radius 1 is 1.71 bits per heavy atom. The van der Waals surface area contributed by atoms with Crippen LogP contribution in [0.2, 0.25) is 0 Å². The Balaban J connectivity index is 2.51. The largest absolute Gasteiger partial charge is 0.345 e. The molecule has 1 aliphatic rings. The highest BCUT2D eigenvalue weighted by molar-refractivity contribution is 5.13. The van der Waals surface area contributed by atoms with Crippen LogP contribution in [0.3, 0.4) is 0 Å². The van der Waals surface area contributed by atoms with Gasteiger partial charge in [0.25, 0.3) is 0 Å². The van der Waals surface area contributed by atoms with E-state index in [1.54, 1.807) is 6.08 Å². The molecule has 1 heterocycles. The van der Waals surface area contributed by atoms with Crippen molar-refractivity contribution in [3.05, 3.63) is 24.5 Å². The van der Waals surface area contributed by atoms with Gasteiger partial charge in [0.2, 0.25) is 0 Å². The Kier molecular flexibility index (Phi) is 1.13. The van der Waals surface area contributed by atoms with Crippen molar-refractivity contribution in [2.75, 3.05) is 6.61 Å². The molecule has 38 valence electrons. The van der Waals surface area contributed by atoms with Crippen molar-refractivity contribution in [2.24, 2.45) is 0 Å². The van der Waals surface area contributed by atoms with E-state index in [9.17, 15) is 0 Å². The summed E-state index contributed by atoms with van der Waals surface area (Å²) in [4.78, 5) is 8.89. The highest BCUT2D eigenvalue weighted by Gasteiger charge is 1.93. The lowest BCUT2D eigenvalue weighted by molar-refractivity contribution is -0.245. The summed E-state index contributed by atoms with van der Waals surface area (Å²) < 4.78 is 0. The van der Waals surface area contributed by atoms with Crippen LogP contribution in [-0.4, -0.2) is 6.61 Å². The average molecular weight is 98.1 g/mol. The standard InChI is InChI=1S/C5H6O2/c1-5-2-3-6-7-4-5/h2-3H,1,4H2. The molecule has 2 heteroatoms. The maximum absolute atomic E-state index is 4.50. The molecule has 1 rings (SSSR count). The quantitative estimate of drug-likeness (QED) is 0.421. The van der Waals surface area contributed by atoms with Crippen molar-refractivity contribution >= 4 is 0 Å². The lowest BCUT2D eigenvalue weighted by Gasteiger charge is -2.04. The molecule has 0 aromatic carbocycles. The van der Waals surface area contributed by atoms with E-state index in [-0.39, 0.29) is 0 Å². The van der Waals surface area contributed by atoms with Crippen LogP contribution in [0.4, 0.5) is 0 Å². The minimum atomic E-state index is 0.483. The summed E-state index contributed by atoms with van der Waals surface area (Å²) in [5, 5.41) is 0. The Hall–Kier alpha value is -0.760. The summed E-state index contributed by atoms with van der Waals surface area (Å²) in [6.45, 7) is 4.11. The van der Waals surface area contributed by atoms with Crippen LogP contribution in [0.1, 0.15) is 0 Å². The number of rotatable bonds is 0. The van der Waals surface area contributed by atoms with Crippen molar-refractivity contribution in [3.63, 3.8) is 0 Å². The second-order valence-electron chi connectivity index (χ2n) is 1.32. The molecule has 0 radical (unpaired) electrons. The van der Waals surface area contributed by atoms with E-state index in [0.29, 0.717) is 6.61 Å². The van der Waals surface area contributed by atoms with Crippen LogP contribution in [0.5, 0.6) is 0 Å². The fraction of sp³-hybridized carbons (Fsp3) is 0.200. The molecule has 0 N–H and O–H groups in total. The molecule has 0 saturated carbocycles. The Morgan fingerprint density at radius 2 is 2.57 bits per heavy atom. The van der Waals surface area contributed by atoms with Gasteiger partial charge in [-0.2, -0.15) is 4.89 Å². The van der Waals surface area contributed by atoms with Gasteiger partial charge in [0.05, 0.1) is 0 Å². The predicted octanol–water partition coefficient (Wildman–Crippen LogP) is 1.02. The maximum Gasteiger partial charge on any atom is 0.129 e. The first-order chi connectivity index (χ1) is 3.39. The first-order valence-electron chi connectivity index (χ1n) is 2.02. The zero-order valence-corrected chi connectivity index (χ0v) is 3.89.